The Hall–Kier alpha value is -1.34. The number of thiocarbonyl (C=S) groups is 1. The molecule has 1 aliphatic carbocycles. The maximum absolute atomic E-state index is 12.3. The lowest BCUT2D eigenvalue weighted by atomic mass is 10.1. The number of carbonyl (C=O) groups is 2. The van der Waals surface area contributed by atoms with Crippen LogP contribution < -0.4 is 10.2 Å². The van der Waals surface area contributed by atoms with Gasteiger partial charge in [-0.1, -0.05) is 0 Å². The molecule has 1 heterocycles. The van der Waals surface area contributed by atoms with Crippen LogP contribution in [0.15, 0.2) is 4.99 Å². The number of hydrogen-bond acceptors (Lipinski definition) is 4. The van der Waals surface area contributed by atoms with E-state index in [9.17, 15) is 9.59 Å². The Morgan fingerprint density at radius 2 is 2.05 bits per heavy atom. The minimum absolute atomic E-state index is 0.168. The number of rotatable bonds is 7. The molecule has 1 unspecified atom stereocenters. The summed E-state index contributed by atoms with van der Waals surface area (Å²) in [6.45, 7) is 7.92. The molecular weight excluding hydrogens is 288 g/mol. The number of quaternary nitrogens is 1. The van der Waals surface area contributed by atoms with Crippen LogP contribution >= 0.6 is 12.2 Å². The van der Waals surface area contributed by atoms with Gasteiger partial charge in [-0.2, -0.15) is 0 Å². The van der Waals surface area contributed by atoms with Crippen molar-refractivity contribution >= 4 is 35.4 Å². The van der Waals surface area contributed by atoms with E-state index in [1.807, 2.05) is 0 Å². The molecular formula is C14H23N4O2S+. The van der Waals surface area contributed by atoms with Gasteiger partial charge in [-0.15, -0.1) is 0 Å². The van der Waals surface area contributed by atoms with Crippen molar-refractivity contribution in [3.63, 3.8) is 0 Å². The number of amides is 2. The summed E-state index contributed by atoms with van der Waals surface area (Å²) in [5.74, 6) is -1.42. The highest BCUT2D eigenvalue weighted by molar-refractivity contribution is 7.80. The molecule has 2 amide bonds. The van der Waals surface area contributed by atoms with E-state index in [-0.39, 0.29) is 23.0 Å². The second-order valence-electron chi connectivity index (χ2n) is 5.47. The van der Waals surface area contributed by atoms with Gasteiger partial charge in [-0.25, -0.2) is 0 Å². The Balaban J connectivity index is 1.93. The van der Waals surface area contributed by atoms with Crippen LogP contribution in [0.2, 0.25) is 0 Å². The lowest BCUT2D eigenvalue weighted by molar-refractivity contribution is -0.894. The molecule has 116 valence electrons. The van der Waals surface area contributed by atoms with Crippen LogP contribution in [-0.4, -0.2) is 60.3 Å². The normalized spacial score (nSPS) is 23.3. The predicted octanol–water partition coefficient (Wildman–Crippen LogP) is -0.996. The summed E-state index contributed by atoms with van der Waals surface area (Å²) in [6, 6.07) is 0.168. The number of nitrogens with zero attached hydrogens (tertiary/aromatic N) is 2. The molecule has 21 heavy (non-hydrogen) atoms. The molecule has 1 aliphatic heterocycles. The van der Waals surface area contributed by atoms with Crippen molar-refractivity contribution in [1.82, 2.24) is 10.2 Å². The lowest BCUT2D eigenvalue weighted by Gasteiger charge is -2.30. The summed E-state index contributed by atoms with van der Waals surface area (Å²) in [4.78, 5) is 31.5. The maximum Gasteiger partial charge on any atom is 0.247 e. The predicted molar refractivity (Wildman–Crippen MR) is 84.4 cm³/mol. The van der Waals surface area contributed by atoms with Gasteiger partial charge in [-0.3, -0.25) is 19.5 Å². The minimum atomic E-state index is -0.830. The summed E-state index contributed by atoms with van der Waals surface area (Å²) in [5.41, 5.74) is 0. The Kier molecular flexibility index (Phi) is 5.41. The molecule has 0 aromatic rings. The van der Waals surface area contributed by atoms with E-state index in [0.29, 0.717) is 6.54 Å². The summed E-state index contributed by atoms with van der Waals surface area (Å²) in [6.07, 6.45) is 3.39. The average Bonchev–Trinajstić information content (AvgIpc) is 3.26. The van der Waals surface area contributed by atoms with Gasteiger partial charge in [0.05, 0.1) is 26.2 Å². The van der Waals surface area contributed by atoms with Crippen molar-refractivity contribution < 1.29 is 14.5 Å². The molecule has 6 nitrogen and oxygen atoms in total. The Morgan fingerprint density at radius 3 is 2.62 bits per heavy atom. The molecule has 2 aliphatic rings. The summed E-state index contributed by atoms with van der Waals surface area (Å²) < 4.78 is 0. The second-order valence-corrected chi connectivity index (χ2v) is 5.86. The first kappa shape index (κ1) is 16.0. The summed E-state index contributed by atoms with van der Waals surface area (Å²) in [7, 11) is 0. The van der Waals surface area contributed by atoms with Crippen LogP contribution in [0.5, 0.6) is 0 Å². The fourth-order valence-electron chi connectivity index (χ4n) is 2.42. The first-order chi connectivity index (χ1) is 10.1. The van der Waals surface area contributed by atoms with Gasteiger partial charge in [0.15, 0.2) is 11.0 Å². The van der Waals surface area contributed by atoms with Crippen LogP contribution in [0, 0.1) is 5.92 Å². The van der Waals surface area contributed by atoms with Gasteiger partial charge in [0.2, 0.25) is 11.8 Å². The van der Waals surface area contributed by atoms with E-state index in [2.05, 4.69) is 24.2 Å². The van der Waals surface area contributed by atoms with Gasteiger partial charge >= 0.3 is 0 Å². The van der Waals surface area contributed by atoms with Crippen LogP contribution in [-0.2, 0) is 9.59 Å². The van der Waals surface area contributed by atoms with E-state index in [0.717, 1.165) is 32.5 Å². The zero-order chi connectivity index (χ0) is 15.4. The van der Waals surface area contributed by atoms with Crippen molar-refractivity contribution in [1.29, 1.82) is 0 Å². The smallest absolute Gasteiger partial charge is 0.247 e. The zero-order valence-electron chi connectivity index (χ0n) is 12.6. The molecule has 1 atom stereocenters. The maximum atomic E-state index is 12.3. The first-order valence-electron chi connectivity index (χ1n) is 7.59. The molecule has 0 radical (unpaired) electrons. The third-order valence-corrected chi connectivity index (χ3v) is 4.29. The van der Waals surface area contributed by atoms with Crippen molar-refractivity contribution in [3.8, 4) is 0 Å². The van der Waals surface area contributed by atoms with Gasteiger partial charge in [0, 0.05) is 12.3 Å². The van der Waals surface area contributed by atoms with Crippen LogP contribution in [0.3, 0.4) is 0 Å². The standard InChI is InChI=1S/C14H22N4O2S/c1-3-17(4-2)8-7-15-9-11-12(19)16-14(21)18(13(11)20)10-5-6-10/h9-11H,3-8H2,1-2H3,(H,16,19,21)/p+1. The van der Waals surface area contributed by atoms with Crippen LogP contribution in [0.1, 0.15) is 26.7 Å². The number of nitrogens with one attached hydrogen (secondary N) is 2. The SMILES string of the molecule is CC[NH+](CC)CCN=CC1C(=O)NC(=S)N(C2CC2)C1=O. The third kappa shape index (κ3) is 3.85. The summed E-state index contributed by atoms with van der Waals surface area (Å²) >= 11 is 5.08. The highest BCUT2D eigenvalue weighted by atomic mass is 32.1. The highest BCUT2D eigenvalue weighted by Gasteiger charge is 2.44. The fourth-order valence-corrected chi connectivity index (χ4v) is 2.76. The number of carbonyl (C=O) groups excluding carboxylic acids is 2. The molecule has 0 bridgehead atoms. The van der Waals surface area contributed by atoms with Crippen molar-refractivity contribution in [2.75, 3.05) is 26.2 Å². The Labute approximate surface area is 130 Å². The third-order valence-electron chi connectivity index (χ3n) is 4.00. The Bertz CT molecular complexity index is 458. The van der Waals surface area contributed by atoms with E-state index in [1.54, 1.807) is 4.90 Å². The first-order valence-corrected chi connectivity index (χ1v) is 8.00. The molecule has 1 saturated heterocycles. The zero-order valence-corrected chi connectivity index (χ0v) is 13.4. The van der Waals surface area contributed by atoms with Crippen molar-refractivity contribution in [2.24, 2.45) is 10.9 Å². The van der Waals surface area contributed by atoms with E-state index in [4.69, 9.17) is 12.2 Å². The average molecular weight is 311 g/mol. The largest absolute Gasteiger partial charge is 0.334 e. The van der Waals surface area contributed by atoms with Gasteiger partial charge < -0.3 is 10.2 Å². The second kappa shape index (κ2) is 7.09. The van der Waals surface area contributed by atoms with Crippen molar-refractivity contribution in [3.05, 3.63) is 0 Å². The molecule has 1 saturated carbocycles. The fraction of sp³-hybridized carbons (Fsp3) is 0.714. The molecule has 2 rings (SSSR count). The van der Waals surface area contributed by atoms with Crippen LogP contribution in [0.25, 0.3) is 0 Å². The molecule has 2 fully saturated rings. The van der Waals surface area contributed by atoms with E-state index in [1.165, 1.54) is 11.1 Å². The highest BCUT2D eigenvalue weighted by Crippen LogP contribution is 2.29. The monoisotopic (exact) mass is 311 g/mol. The van der Waals surface area contributed by atoms with Gasteiger partial charge in [0.1, 0.15) is 0 Å². The molecule has 0 aromatic carbocycles. The Morgan fingerprint density at radius 1 is 1.38 bits per heavy atom. The van der Waals surface area contributed by atoms with Crippen molar-refractivity contribution in [2.45, 2.75) is 32.7 Å². The molecule has 2 N–H and O–H groups in total. The minimum Gasteiger partial charge on any atom is -0.334 e. The quantitative estimate of drug-likeness (QED) is 0.360. The number of aliphatic imine (C=N–C) groups is 1. The molecule has 7 heteroatoms. The molecule has 0 spiro atoms. The number of hydrogen-bond donors (Lipinski definition) is 2. The molecule has 0 aromatic heterocycles. The van der Waals surface area contributed by atoms with Crippen LogP contribution in [0.4, 0.5) is 0 Å². The van der Waals surface area contributed by atoms with Gasteiger partial charge in [-0.05, 0) is 38.9 Å². The van der Waals surface area contributed by atoms with E-state index >= 15 is 0 Å². The number of likely N-dealkylation sites (N-methyl/N-ethyl adjacent to an activating group) is 1. The van der Waals surface area contributed by atoms with Gasteiger partial charge in [0.25, 0.3) is 0 Å². The lowest BCUT2D eigenvalue weighted by Crippen LogP contribution is -3.11. The van der Waals surface area contributed by atoms with E-state index < -0.39 is 5.92 Å². The summed E-state index contributed by atoms with van der Waals surface area (Å²) in [5, 5.41) is 2.84. The topological polar surface area (TPSA) is 66.2 Å².